The van der Waals surface area contributed by atoms with Crippen LogP contribution in [0.25, 0.3) is 0 Å². The van der Waals surface area contributed by atoms with E-state index in [1.54, 1.807) is 0 Å². The van der Waals surface area contributed by atoms with Gasteiger partial charge in [0.15, 0.2) is 0 Å². The number of hydrogen-bond donors (Lipinski definition) is 3. The maximum absolute atomic E-state index is 9.41. The highest BCUT2D eigenvalue weighted by molar-refractivity contribution is 5.03. The van der Waals surface area contributed by atoms with Gasteiger partial charge in [-0.2, -0.15) is 0 Å². The fourth-order valence-electron chi connectivity index (χ4n) is 1.29. The highest BCUT2D eigenvalue weighted by Gasteiger charge is 2.12. The van der Waals surface area contributed by atoms with Crippen molar-refractivity contribution in [2.45, 2.75) is 52.2 Å². The summed E-state index contributed by atoms with van der Waals surface area (Å²) in [4.78, 5) is 0. The zero-order valence-electron chi connectivity index (χ0n) is 10.5. The Morgan fingerprint density at radius 3 is 2.19 bits per heavy atom. The van der Waals surface area contributed by atoms with Crippen molar-refractivity contribution in [1.29, 1.82) is 0 Å². The van der Waals surface area contributed by atoms with Gasteiger partial charge in [0.1, 0.15) is 6.10 Å². The second-order valence-corrected chi connectivity index (χ2v) is 4.42. The summed E-state index contributed by atoms with van der Waals surface area (Å²) < 4.78 is 0. The third-order valence-corrected chi connectivity index (χ3v) is 2.43. The molecule has 0 rings (SSSR count). The van der Waals surface area contributed by atoms with Crippen LogP contribution in [0.2, 0.25) is 0 Å². The van der Waals surface area contributed by atoms with Gasteiger partial charge < -0.3 is 15.3 Å². The SMILES string of the molecule is CC(C)=CCC/C(C)=C/CC(O)C(O)CO. The van der Waals surface area contributed by atoms with Gasteiger partial charge in [0.05, 0.1) is 12.7 Å². The molecule has 2 unspecified atom stereocenters. The molecule has 0 saturated heterocycles. The monoisotopic (exact) mass is 228 g/mol. The summed E-state index contributed by atoms with van der Waals surface area (Å²) in [6.45, 7) is 5.75. The zero-order valence-corrected chi connectivity index (χ0v) is 10.5. The highest BCUT2D eigenvalue weighted by Crippen LogP contribution is 2.09. The zero-order chi connectivity index (χ0) is 12.6. The molecule has 0 aromatic carbocycles. The Bertz CT molecular complexity index is 240. The van der Waals surface area contributed by atoms with Crippen LogP contribution in [0.4, 0.5) is 0 Å². The fraction of sp³-hybridized carbons (Fsp3) is 0.692. The normalized spacial score (nSPS) is 15.8. The average Bonchev–Trinajstić information content (AvgIpc) is 2.24. The van der Waals surface area contributed by atoms with E-state index < -0.39 is 18.8 Å². The first-order chi connectivity index (χ1) is 7.47. The van der Waals surface area contributed by atoms with Crippen LogP contribution in [0.5, 0.6) is 0 Å². The van der Waals surface area contributed by atoms with E-state index in [4.69, 9.17) is 10.2 Å². The minimum absolute atomic E-state index is 0.391. The number of aliphatic hydroxyl groups is 3. The maximum atomic E-state index is 9.41. The second-order valence-electron chi connectivity index (χ2n) is 4.42. The standard InChI is InChI=1S/C13H24O3/c1-10(2)5-4-6-11(3)7-8-12(15)13(16)9-14/h5,7,12-16H,4,6,8-9H2,1-3H3/b11-7+. The molecule has 3 heteroatoms. The molecule has 0 spiro atoms. The van der Waals surface area contributed by atoms with E-state index in [1.807, 2.05) is 13.0 Å². The molecule has 0 heterocycles. The largest absolute Gasteiger partial charge is 0.394 e. The Morgan fingerprint density at radius 1 is 1.06 bits per heavy atom. The lowest BCUT2D eigenvalue weighted by Gasteiger charge is -2.13. The lowest BCUT2D eigenvalue weighted by Crippen LogP contribution is -2.28. The lowest BCUT2D eigenvalue weighted by atomic mass is 10.1. The topological polar surface area (TPSA) is 60.7 Å². The summed E-state index contributed by atoms with van der Waals surface area (Å²) in [5, 5.41) is 27.2. The van der Waals surface area contributed by atoms with Crippen LogP contribution in [0.3, 0.4) is 0 Å². The van der Waals surface area contributed by atoms with Gasteiger partial charge in [0.2, 0.25) is 0 Å². The van der Waals surface area contributed by atoms with Gasteiger partial charge in [-0.3, -0.25) is 0 Å². The molecular weight excluding hydrogens is 204 g/mol. The van der Waals surface area contributed by atoms with E-state index in [0.29, 0.717) is 6.42 Å². The van der Waals surface area contributed by atoms with Crippen molar-refractivity contribution in [3.63, 3.8) is 0 Å². The van der Waals surface area contributed by atoms with Gasteiger partial charge in [0, 0.05) is 0 Å². The minimum atomic E-state index is -1.04. The summed E-state index contributed by atoms with van der Waals surface area (Å²) in [5.74, 6) is 0. The molecule has 0 aromatic heterocycles. The molecule has 16 heavy (non-hydrogen) atoms. The number of aliphatic hydroxyl groups excluding tert-OH is 3. The van der Waals surface area contributed by atoms with E-state index in [0.717, 1.165) is 12.8 Å². The number of rotatable bonds is 7. The van der Waals surface area contributed by atoms with Crippen molar-refractivity contribution in [3.05, 3.63) is 23.3 Å². The van der Waals surface area contributed by atoms with Crippen molar-refractivity contribution in [1.82, 2.24) is 0 Å². The molecular formula is C13H24O3. The van der Waals surface area contributed by atoms with E-state index >= 15 is 0 Å². The Balaban J connectivity index is 3.90. The third-order valence-electron chi connectivity index (χ3n) is 2.43. The second kappa shape index (κ2) is 8.50. The molecule has 0 fully saturated rings. The van der Waals surface area contributed by atoms with E-state index in [-0.39, 0.29) is 0 Å². The summed E-state index contributed by atoms with van der Waals surface area (Å²) in [5.41, 5.74) is 2.50. The van der Waals surface area contributed by atoms with E-state index in [9.17, 15) is 5.11 Å². The Hall–Kier alpha value is -0.640. The molecule has 3 nitrogen and oxygen atoms in total. The van der Waals surface area contributed by atoms with Crippen LogP contribution in [-0.2, 0) is 0 Å². The van der Waals surface area contributed by atoms with Gasteiger partial charge in [-0.25, -0.2) is 0 Å². The van der Waals surface area contributed by atoms with Gasteiger partial charge in [-0.1, -0.05) is 23.3 Å². The molecule has 0 aliphatic carbocycles. The first kappa shape index (κ1) is 15.4. The molecule has 0 aliphatic heterocycles. The van der Waals surface area contributed by atoms with Crippen molar-refractivity contribution in [2.24, 2.45) is 0 Å². The van der Waals surface area contributed by atoms with Crippen LogP contribution in [0.1, 0.15) is 40.0 Å². The molecule has 0 aromatic rings. The molecule has 0 bridgehead atoms. The first-order valence-electron chi connectivity index (χ1n) is 5.73. The molecule has 0 amide bonds. The summed E-state index contributed by atoms with van der Waals surface area (Å²) in [6, 6.07) is 0. The van der Waals surface area contributed by atoms with Crippen molar-refractivity contribution >= 4 is 0 Å². The number of hydrogen-bond acceptors (Lipinski definition) is 3. The molecule has 94 valence electrons. The van der Waals surface area contributed by atoms with Crippen LogP contribution < -0.4 is 0 Å². The predicted octanol–water partition coefficient (Wildman–Crippen LogP) is 1.78. The van der Waals surface area contributed by atoms with Gasteiger partial charge >= 0.3 is 0 Å². The highest BCUT2D eigenvalue weighted by atomic mass is 16.4. The quantitative estimate of drug-likeness (QED) is 0.582. The summed E-state index contributed by atoms with van der Waals surface area (Å²) in [6.07, 6.45) is 4.54. The van der Waals surface area contributed by atoms with Crippen LogP contribution in [0, 0.1) is 0 Å². The van der Waals surface area contributed by atoms with Gasteiger partial charge in [-0.15, -0.1) is 0 Å². The molecule has 0 aliphatic rings. The number of allylic oxidation sites excluding steroid dienone is 3. The molecule has 0 saturated carbocycles. The van der Waals surface area contributed by atoms with Crippen LogP contribution in [-0.4, -0.2) is 34.1 Å². The molecule has 2 atom stereocenters. The van der Waals surface area contributed by atoms with E-state index in [2.05, 4.69) is 19.9 Å². The van der Waals surface area contributed by atoms with Gasteiger partial charge in [0.25, 0.3) is 0 Å². The average molecular weight is 228 g/mol. The summed E-state index contributed by atoms with van der Waals surface area (Å²) >= 11 is 0. The molecule has 0 radical (unpaired) electrons. The Labute approximate surface area is 98.1 Å². The van der Waals surface area contributed by atoms with Crippen molar-refractivity contribution < 1.29 is 15.3 Å². The molecule has 3 N–H and O–H groups in total. The van der Waals surface area contributed by atoms with Crippen molar-refractivity contribution in [3.8, 4) is 0 Å². The summed E-state index contributed by atoms with van der Waals surface area (Å²) in [7, 11) is 0. The smallest absolute Gasteiger partial charge is 0.103 e. The van der Waals surface area contributed by atoms with Crippen molar-refractivity contribution in [2.75, 3.05) is 6.61 Å². The Kier molecular flexibility index (Phi) is 8.16. The predicted molar refractivity (Wildman–Crippen MR) is 66.1 cm³/mol. The van der Waals surface area contributed by atoms with Crippen LogP contribution in [0.15, 0.2) is 23.3 Å². The van der Waals surface area contributed by atoms with Gasteiger partial charge in [-0.05, 0) is 40.0 Å². The maximum Gasteiger partial charge on any atom is 0.103 e. The first-order valence-corrected chi connectivity index (χ1v) is 5.73. The van der Waals surface area contributed by atoms with Crippen LogP contribution >= 0.6 is 0 Å². The third kappa shape index (κ3) is 7.63. The fourth-order valence-corrected chi connectivity index (χ4v) is 1.29. The minimum Gasteiger partial charge on any atom is -0.394 e. The lowest BCUT2D eigenvalue weighted by molar-refractivity contribution is -0.0121. The van der Waals surface area contributed by atoms with E-state index in [1.165, 1.54) is 11.1 Å². The Morgan fingerprint density at radius 2 is 1.69 bits per heavy atom.